The summed E-state index contributed by atoms with van der Waals surface area (Å²) in [6, 6.07) is 13.1. The van der Waals surface area contributed by atoms with Crippen molar-refractivity contribution in [1.82, 2.24) is 4.90 Å². The molecule has 2 amide bonds. The van der Waals surface area contributed by atoms with Crippen LogP contribution < -0.4 is 4.74 Å². The standard InChI is InChI=1S/C20H17NO4/c22-18(25-15-10-9-13-5-1-2-6-14(13)11-15)12-21-19(23)16-7-3-4-8-17(16)20(21)24/h1-6,9-11,16-17H,7-8,12H2/t16-,17+. The Morgan fingerprint density at radius 2 is 1.60 bits per heavy atom. The molecule has 126 valence electrons. The van der Waals surface area contributed by atoms with Crippen molar-refractivity contribution in [2.45, 2.75) is 12.8 Å². The van der Waals surface area contributed by atoms with Crippen LogP contribution in [-0.2, 0) is 14.4 Å². The number of likely N-dealkylation sites (tertiary alicyclic amines) is 1. The number of hydrogen-bond donors (Lipinski definition) is 0. The minimum atomic E-state index is -0.608. The molecule has 1 aliphatic heterocycles. The van der Waals surface area contributed by atoms with Crippen molar-refractivity contribution >= 4 is 28.6 Å². The first-order chi connectivity index (χ1) is 12.1. The maximum atomic E-state index is 12.4. The largest absolute Gasteiger partial charge is 0.425 e. The van der Waals surface area contributed by atoms with Crippen molar-refractivity contribution in [3.8, 4) is 5.75 Å². The van der Waals surface area contributed by atoms with Gasteiger partial charge in [0.1, 0.15) is 12.3 Å². The van der Waals surface area contributed by atoms with Crippen molar-refractivity contribution in [2.75, 3.05) is 6.54 Å². The van der Waals surface area contributed by atoms with Crippen LogP contribution in [0, 0.1) is 11.8 Å². The van der Waals surface area contributed by atoms with E-state index in [9.17, 15) is 14.4 Å². The van der Waals surface area contributed by atoms with Gasteiger partial charge in [0.05, 0.1) is 11.8 Å². The van der Waals surface area contributed by atoms with E-state index in [-0.39, 0.29) is 30.2 Å². The number of amides is 2. The maximum Gasteiger partial charge on any atom is 0.331 e. The number of allylic oxidation sites excluding steroid dienone is 2. The number of benzene rings is 2. The van der Waals surface area contributed by atoms with E-state index in [0.29, 0.717) is 18.6 Å². The number of ether oxygens (including phenoxy) is 1. The Hall–Kier alpha value is -2.95. The van der Waals surface area contributed by atoms with Gasteiger partial charge in [-0.15, -0.1) is 0 Å². The third-order valence-corrected chi connectivity index (χ3v) is 4.84. The monoisotopic (exact) mass is 335 g/mol. The molecule has 0 saturated carbocycles. The quantitative estimate of drug-likeness (QED) is 0.374. The second-order valence-corrected chi connectivity index (χ2v) is 6.40. The van der Waals surface area contributed by atoms with E-state index in [2.05, 4.69) is 0 Å². The zero-order valence-corrected chi connectivity index (χ0v) is 13.6. The molecule has 1 saturated heterocycles. The van der Waals surface area contributed by atoms with Crippen LogP contribution in [0.5, 0.6) is 5.75 Å². The molecule has 2 aromatic rings. The number of hydrogen-bond acceptors (Lipinski definition) is 4. The molecule has 2 aliphatic rings. The van der Waals surface area contributed by atoms with Crippen LogP contribution in [0.3, 0.4) is 0 Å². The third kappa shape index (κ3) is 2.82. The van der Waals surface area contributed by atoms with E-state index >= 15 is 0 Å². The highest BCUT2D eigenvalue weighted by Gasteiger charge is 2.47. The lowest BCUT2D eigenvalue weighted by Crippen LogP contribution is -2.37. The lowest BCUT2D eigenvalue weighted by molar-refractivity contribution is -0.148. The highest BCUT2D eigenvalue weighted by molar-refractivity contribution is 6.07. The summed E-state index contributed by atoms with van der Waals surface area (Å²) < 4.78 is 5.33. The smallest absolute Gasteiger partial charge is 0.331 e. The molecule has 0 N–H and O–H groups in total. The molecule has 0 bridgehead atoms. The van der Waals surface area contributed by atoms with Crippen LogP contribution in [0.2, 0.25) is 0 Å². The summed E-state index contributed by atoms with van der Waals surface area (Å²) in [6.45, 7) is -0.336. The maximum absolute atomic E-state index is 12.4. The van der Waals surface area contributed by atoms with E-state index in [1.165, 1.54) is 0 Å². The van der Waals surface area contributed by atoms with Crippen molar-refractivity contribution < 1.29 is 19.1 Å². The van der Waals surface area contributed by atoms with Crippen LogP contribution in [-0.4, -0.2) is 29.2 Å². The van der Waals surface area contributed by atoms with Crippen molar-refractivity contribution in [1.29, 1.82) is 0 Å². The van der Waals surface area contributed by atoms with E-state index < -0.39 is 5.97 Å². The zero-order valence-electron chi connectivity index (χ0n) is 13.6. The molecule has 2 aromatic carbocycles. The fourth-order valence-corrected chi connectivity index (χ4v) is 3.55. The second kappa shape index (κ2) is 6.16. The summed E-state index contributed by atoms with van der Waals surface area (Å²) in [5, 5.41) is 2.00. The summed E-state index contributed by atoms with van der Waals surface area (Å²) in [6.07, 6.45) is 4.96. The van der Waals surface area contributed by atoms with Crippen LogP contribution in [0.4, 0.5) is 0 Å². The summed E-state index contributed by atoms with van der Waals surface area (Å²) in [5.74, 6) is -1.40. The predicted octanol–water partition coefficient (Wildman–Crippen LogP) is 2.70. The lowest BCUT2D eigenvalue weighted by atomic mass is 9.85. The molecule has 25 heavy (non-hydrogen) atoms. The number of esters is 1. The molecule has 5 heteroatoms. The number of rotatable bonds is 3. The van der Waals surface area contributed by atoms with Crippen LogP contribution >= 0.6 is 0 Å². The molecular formula is C20H17NO4. The van der Waals surface area contributed by atoms with Crippen molar-refractivity contribution in [3.05, 3.63) is 54.6 Å². The van der Waals surface area contributed by atoms with E-state index in [1.807, 2.05) is 42.5 Å². The zero-order chi connectivity index (χ0) is 17.4. The Bertz CT molecular complexity index is 875. The molecule has 0 spiro atoms. The van der Waals surface area contributed by atoms with E-state index in [4.69, 9.17) is 4.74 Å². The van der Waals surface area contributed by atoms with Crippen LogP contribution in [0.25, 0.3) is 10.8 Å². The summed E-state index contributed by atoms with van der Waals surface area (Å²) in [7, 11) is 0. The molecule has 4 rings (SSSR count). The van der Waals surface area contributed by atoms with Gasteiger partial charge in [-0.1, -0.05) is 42.5 Å². The minimum Gasteiger partial charge on any atom is -0.425 e. The molecule has 5 nitrogen and oxygen atoms in total. The SMILES string of the molecule is O=C(CN1C(=O)[C@H]2CC=CC[C@H]2C1=O)Oc1ccc2ccccc2c1. The Morgan fingerprint density at radius 1 is 0.960 bits per heavy atom. The number of carbonyl (C=O) groups excluding carboxylic acids is 3. The number of carbonyl (C=O) groups is 3. The predicted molar refractivity (Wildman–Crippen MR) is 91.7 cm³/mol. The topological polar surface area (TPSA) is 63.7 Å². The molecule has 0 radical (unpaired) electrons. The molecule has 0 aromatic heterocycles. The minimum absolute atomic E-state index is 0.269. The lowest BCUT2D eigenvalue weighted by Gasteiger charge is -2.14. The van der Waals surface area contributed by atoms with Gasteiger partial charge in [0.25, 0.3) is 0 Å². The van der Waals surface area contributed by atoms with E-state index in [1.54, 1.807) is 12.1 Å². The Balaban J connectivity index is 1.46. The molecule has 2 atom stereocenters. The summed E-state index contributed by atoms with van der Waals surface area (Å²) in [4.78, 5) is 38.0. The van der Waals surface area contributed by atoms with Gasteiger partial charge in [-0.05, 0) is 35.7 Å². The fourth-order valence-electron chi connectivity index (χ4n) is 3.55. The molecule has 1 fully saturated rings. The molecular weight excluding hydrogens is 318 g/mol. The number of imide groups is 1. The first kappa shape index (κ1) is 15.6. The first-order valence-corrected chi connectivity index (χ1v) is 8.33. The van der Waals surface area contributed by atoms with Gasteiger partial charge >= 0.3 is 5.97 Å². The average molecular weight is 335 g/mol. The van der Waals surface area contributed by atoms with E-state index in [0.717, 1.165) is 15.7 Å². The first-order valence-electron chi connectivity index (χ1n) is 8.33. The molecule has 1 aliphatic carbocycles. The van der Waals surface area contributed by atoms with Gasteiger partial charge in [-0.3, -0.25) is 14.5 Å². The van der Waals surface area contributed by atoms with Gasteiger partial charge in [-0.25, -0.2) is 4.79 Å². The van der Waals surface area contributed by atoms with Crippen LogP contribution in [0.1, 0.15) is 12.8 Å². The highest BCUT2D eigenvalue weighted by Crippen LogP contribution is 2.34. The van der Waals surface area contributed by atoms with Gasteiger partial charge in [0.15, 0.2) is 0 Å². The van der Waals surface area contributed by atoms with Gasteiger partial charge in [0.2, 0.25) is 11.8 Å². The van der Waals surface area contributed by atoms with Gasteiger partial charge < -0.3 is 4.74 Å². The Morgan fingerprint density at radius 3 is 2.28 bits per heavy atom. The average Bonchev–Trinajstić information content (AvgIpc) is 2.87. The Labute approximate surface area is 144 Å². The van der Waals surface area contributed by atoms with Gasteiger partial charge in [-0.2, -0.15) is 0 Å². The summed E-state index contributed by atoms with van der Waals surface area (Å²) in [5.41, 5.74) is 0. The summed E-state index contributed by atoms with van der Waals surface area (Å²) >= 11 is 0. The Kier molecular flexibility index (Phi) is 3.84. The third-order valence-electron chi connectivity index (χ3n) is 4.84. The molecule has 0 unspecified atom stereocenters. The van der Waals surface area contributed by atoms with Gasteiger partial charge in [0, 0.05) is 0 Å². The molecule has 1 heterocycles. The van der Waals surface area contributed by atoms with Crippen molar-refractivity contribution in [2.24, 2.45) is 11.8 Å². The second-order valence-electron chi connectivity index (χ2n) is 6.40. The fraction of sp³-hybridized carbons (Fsp3) is 0.250. The highest BCUT2D eigenvalue weighted by atomic mass is 16.5. The van der Waals surface area contributed by atoms with Crippen LogP contribution in [0.15, 0.2) is 54.6 Å². The number of fused-ring (bicyclic) bond motifs is 2. The van der Waals surface area contributed by atoms with Crippen molar-refractivity contribution in [3.63, 3.8) is 0 Å². The number of nitrogens with zero attached hydrogens (tertiary/aromatic N) is 1. The normalized spacial score (nSPS) is 22.3.